The van der Waals surface area contributed by atoms with Gasteiger partial charge in [-0.1, -0.05) is 17.7 Å². The molecular formula is C20H21ClN4O4S. The fourth-order valence-corrected chi connectivity index (χ4v) is 4.49. The van der Waals surface area contributed by atoms with Gasteiger partial charge >= 0.3 is 0 Å². The lowest BCUT2D eigenvalue weighted by molar-refractivity contribution is 0.0183. The first kappa shape index (κ1) is 20.9. The predicted octanol–water partition coefficient (Wildman–Crippen LogP) is 1.81. The van der Waals surface area contributed by atoms with Gasteiger partial charge < -0.3 is 10.1 Å². The van der Waals surface area contributed by atoms with Crippen LogP contribution in [0.4, 0.5) is 0 Å². The Bertz CT molecular complexity index is 1280. The lowest BCUT2D eigenvalue weighted by Gasteiger charge is -2.25. The number of morpholine rings is 1. The zero-order valence-corrected chi connectivity index (χ0v) is 18.1. The van der Waals surface area contributed by atoms with Gasteiger partial charge in [-0.2, -0.15) is 0 Å². The molecule has 10 heteroatoms. The second kappa shape index (κ2) is 8.07. The molecule has 0 aliphatic carbocycles. The van der Waals surface area contributed by atoms with Crippen LogP contribution < -0.4 is 10.9 Å². The van der Waals surface area contributed by atoms with E-state index in [0.29, 0.717) is 47.7 Å². The zero-order chi connectivity index (χ0) is 21.5. The van der Waals surface area contributed by atoms with Gasteiger partial charge in [0, 0.05) is 47.1 Å². The van der Waals surface area contributed by atoms with E-state index in [4.69, 9.17) is 16.3 Å². The highest BCUT2D eigenvalue weighted by atomic mass is 35.5. The lowest BCUT2D eigenvalue weighted by Crippen LogP contribution is -2.42. The first-order valence-electron chi connectivity index (χ1n) is 9.43. The Morgan fingerprint density at radius 2 is 2.10 bits per heavy atom. The van der Waals surface area contributed by atoms with Gasteiger partial charge in [0.15, 0.2) is 9.84 Å². The molecule has 0 saturated carbocycles. The van der Waals surface area contributed by atoms with Crippen LogP contribution in [0.15, 0.2) is 40.2 Å². The fraction of sp³-hybridized carbons (Fsp3) is 0.350. The van der Waals surface area contributed by atoms with E-state index >= 15 is 0 Å². The number of pyridine rings is 1. The molecule has 8 nitrogen and oxygen atoms in total. The predicted molar refractivity (Wildman–Crippen MR) is 115 cm³/mol. The number of halogens is 1. The molecule has 1 unspecified atom stereocenters. The van der Waals surface area contributed by atoms with Gasteiger partial charge in [0.25, 0.3) is 5.56 Å². The van der Waals surface area contributed by atoms with Crippen LogP contribution in [0, 0.1) is 6.92 Å². The number of sulfone groups is 1. The molecule has 0 bridgehead atoms. The number of nitrogens with zero attached hydrogens (tertiary/aromatic N) is 3. The molecule has 3 heterocycles. The van der Waals surface area contributed by atoms with Crippen molar-refractivity contribution in [2.45, 2.75) is 24.5 Å². The van der Waals surface area contributed by atoms with Crippen LogP contribution in [0.3, 0.4) is 0 Å². The summed E-state index contributed by atoms with van der Waals surface area (Å²) in [7, 11) is -3.41. The van der Waals surface area contributed by atoms with E-state index in [2.05, 4.69) is 15.3 Å². The highest BCUT2D eigenvalue weighted by Crippen LogP contribution is 2.30. The molecule has 1 aromatic carbocycles. The Hall–Kier alpha value is -2.33. The standard InChI is InChI=1S/C20H21ClN4O4S/c1-12-23-9-13-7-17(16-4-3-15(8-18(16)21)30(2,27)28)20(26)25(19(13)24-12)11-14-10-22-5-6-29-14/h3-4,7-9,14,22H,5-6,10-11H2,1-2H3. The van der Waals surface area contributed by atoms with Crippen molar-refractivity contribution in [1.29, 1.82) is 0 Å². The number of aryl methyl sites for hydroxylation is 1. The number of hydrogen-bond donors (Lipinski definition) is 1. The first-order valence-corrected chi connectivity index (χ1v) is 11.7. The largest absolute Gasteiger partial charge is 0.374 e. The summed E-state index contributed by atoms with van der Waals surface area (Å²) in [5.74, 6) is 0.557. The van der Waals surface area contributed by atoms with E-state index < -0.39 is 9.84 Å². The third-order valence-electron chi connectivity index (χ3n) is 5.00. The number of aromatic nitrogens is 3. The zero-order valence-electron chi connectivity index (χ0n) is 16.6. The Balaban J connectivity index is 1.90. The van der Waals surface area contributed by atoms with Gasteiger partial charge in [-0.3, -0.25) is 9.36 Å². The molecule has 1 aliphatic heterocycles. The molecular weight excluding hydrogens is 428 g/mol. The number of ether oxygens (including phenoxy) is 1. The molecule has 1 fully saturated rings. The molecule has 2 aromatic heterocycles. The van der Waals surface area contributed by atoms with Gasteiger partial charge in [-0.05, 0) is 25.1 Å². The SMILES string of the molecule is Cc1ncc2cc(-c3ccc(S(C)(=O)=O)cc3Cl)c(=O)n(CC3CNCCO3)c2n1. The van der Waals surface area contributed by atoms with Crippen molar-refractivity contribution in [3.63, 3.8) is 0 Å². The maximum atomic E-state index is 13.5. The van der Waals surface area contributed by atoms with E-state index in [9.17, 15) is 13.2 Å². The van der Waals surface area contributed by atoms with Crippen molar-refractivity contribution in [2.24, 2.45) is 0 Å². The quantitative estimate of drug-likeness (QED) is 0.649. The molecule has 1 aliphatic rings. The summed E-state index contributed by atoms with van der Waals surface area (Å²) in [6.45, 7) is 4.07. The van der Waals surface area contributed by atoms with Crippen molar-refractivity contribution < 1.29 is 13.2 Å². The maximum absolute atomic E-state index is 13.5. The molecule has 158 valence electrons. The molecule has 30 heavy (non-hydrogen) atoms. The smallest absolute Gasteiger partial charge is 0.260 e. The second-order valence-corrected chi connectivity index (χ2v) is 9.70. The van der Waals surface area contributed by atoms with Crippen LogP contribution in [0.5, 0.6) is 0 Å². The molecule has 1 N–H and O–H groups in total. The Morgan fingerprint density at radius 3 is 2.77 bits per heavy atom. The van der Waals surface area contributed by atoms with E-state index in [1.807, 2.05) is 0 Å². The summed E-state index contributed by atoms with van der Waals surface area (Å²) in [5.41, 5.74) is 1.05. The van der Waals surface area contributed by atoms with Crippen molar-refractivity contribution in [3.8, 4) is 11.1 Å². The summed E-state index contributed by atoms with van der Waals surface area (Å²) < 4.78 is 31.0. The van der Waals surface area contributed by atoms with Gasteiger partial charge in [-0.25, -0.2) is 18.4 Å². The normalized spacial score (nSPS) is 17.4. The van der Waals surface area contributed by atoms with Gasteiger partial charge in [0.1, 0.15) is 11.5 Å². The van der Waals surface area contributed by atoms with Crippen molar-refractivity contribution in [1.82, 2.24) is 19.9 Å². The number of nitrogens with one attached hydrogen (secondary N) is 1. The Morgan fingerprint density at radius 1 is 1.30 bits per heavy atom. The molecule has 0 spiro atoms. The van der Waals surface area contributed by atoms with Crippen LogP contribution in [0.2, 0.25) is 5.02 Å². The minimum Gasteiger partial charge on any atom is -0.374 e. The Kier molecular flexibility index (Phi) is 5.63. The van der Waals surface area contributed by atoms with E-state index in [1.54, 1.807) is 29.8 Å². The maximum Gasteiger partial charge on any atom is 0.260 e. The average molecular weight is 449 g/mol. The summed E-state index contributed by atoms with van der Waals surface area (Å²) in [6.07, 6.45) is 2.60. The topological polar surface area (TPSA) is 103 Å². The molecule has 0 amide bonds. The Labute approximate surface area is 178 Å². The van der Waals surface area contributed by atoms with Crippen LogP contribution in [0.25, 0.3) is 22.2 Å². The highest BCUT2D eigenvalue weighted by Gasteiger charge is 2.20. The van der Waals surface area contributed by atoms with Gasteiger partial charge in [0.05, 0.1) is 24.2 Å². The van der Waals surface area contributed by atoms with Crippen LogP contribution in [0.1, 0.15) is 5.82 Å². The number of benzene rings is 1. The fourth-order valence-electron chi connectivity index (χ4n) is 3.49. The summed E-state index contributed by atoms with van der Waals surface area (Å²) in [4.78, 5) is 22.3. The van der Waals surface area contributed by atoms with Crippen LogP contribution in [-0.4, -0.2) is 55.0 Å². The lowest BCUT2D eigenvalue weighted by atomic mass is 10.1. The molecule has 0 radical (unpaired) electrons. The number of rotatable bonds is 4. The van der Waals surface area contributed by atoms with Crippen molar-refractivity contribution in [3.05, 3.63) is 51.7 Å². The minimum absolute atomic E-state index is 0.0954. The van der Waals surface area contributed by atoms with Crippen LogP contribution >= 0.6 is 11.6 Å². The molecule has 1 saturated heterocycles. The summed E-state index contributed by atoms with van der Waals surface area (Å²) >= 11 is 6.38. The van der Waals surface area contributed by atoms with Crippen LogP contribution in [-0.2, 0) is 21.1 Å². The second-order valence-electron chi connectivity index (χ2n) is 7.28. The third kappa shape index (κ3) is 4.11. The van der Waals surface area contributed by atoms with E-state index in [-0.39, 0.29) is 21.6 Å². The van der Waals surface area contributed by atoms with Crippen molar-refractivity contribution >= 4 is 32.5 Å². The third-order valence-corrected chi connectivity index (χ3v) is 6.42. The summed E-state index contributed by atoms with van der Waals surface area (Å²) in [5, 5.41) is 4.13. The number of fused-ring (bicyclic) bond motifs is 1. The monoisotopic (exact) mass is 448 g/mol. The highest BCUT2D eigenvalue weighted by molar-refractivity contribution is 7.90. The van der Waals surface area contributed by atoms with Gasteiger partial charge in [0.2, 0.25) is 0 Å². The molecule has 1 atom stereocenters. The minimum atomic E-state index is -3.41. The van der Waals surface area contributed by atoms with Crippen molar-refractivity contribution in [2.75, 3.05) is 26.0 Å². The molecule has 3 aromatic rings. The first-order chi connectivity index (χ1) is 14.2. The van der Waals surface area contributed by atoms with E-state index in [1.165, 1.54) is 12.1 Å². The number of hydrogen-bond acceptors (Lipinski definition) is 7. The summed E-state index contributed by atoms with van der Waals surface area (Å²) in [6, 6.07) is 6.05. The van der Waals surface area contributed by atoms with Gasteiger partial charge in [-0.15, -0.1) is 0 Å². The molecule has 4 rings (SSSR count). The average Bonchev–Trinajstić information content (AvgIpc) is 2.70. The van der Waals surface area contributed by atoms with E-state index in [0.717, 1.165) is 12.8 Å².